The third-order valence-corrected chi connectivity index (χ3v) is 4.64. The molecule has 0 aromatic rings. The smallest absolute Gasteiger partial charge is 0.0364 e. The molecule has 0 aliphatic heterocycles. The lowest BCUT2D eigenvalue weighted by molar-refractivity contribution is 0.228. The summed E-state index contributed by atoms with van der Waals surface area (Å²) >= 11 is 6.45. The highest BCUT2D eigenvalue weighted by molar-refractivity contribution is 6.20. The van der Waals surface area contributed by atoms with Crippen molar-refractivity contribution in [1.82, 2.24) is 0 Å². The van der Waals surface area contributed by atoms with Crippen molar-refractivity contribution in [3.63, 3.8) is 0 Å². The number of rotatable bonds is 5. The Morgan fingerprint density at radius 2 is 2.00 bits per heavy atom. The largest absolute Gasteiger partial charge is 0.123 e. The van der Waals surface area contributed by atoms with Gasteiger partial charge in [0.2, 0.25) is 0 Å². The molecule has 90 valence electrons. The van der Waals surface area contributed by atoms with Crippen LogP contribution in [0.3, 0.4) is 0 Å². The van der Waals surface area contributed by atoms with E-state index in [9.17, 15) is 0 Å². The third kappa shape index (κ3) is 4.34. The van der Waals surface area contributed by atoms with Gasteiger partial charge in [-0.05, 0) is 43.4 Å². The minimum Gasteiger partial charge on any atom is -0.123 e. The summed E-state index contributed by atoms with van der Waals surface area (Å²) in [7, 11) is 0. The van der Waals surface area contributed by atoms with E-state index in [0.717, 1.165) is 17.8 Å². The SMILES string of the molecule is CCCC(C)CC1CC(CC)CCC1Cl. The Labute approximate surface area is 101 Å². The first-order valence-corrected chi connectivity index (χ1v) is 7.25. The molecule has 0 saturated heterocycles. The summed E-state index contributed by atoms with van der Waals surface area (Å²) in [5.41, 5.74) is 0. The van der Waals surface area contributed by atoms with Crippen LogP contribution in [-0.2, 0) is 0 Å². The normalized spacial score (nSPS) is 34.0. The van der Waals surface area contributed by atoms with Crippen molar-refractivity contribution in [2.45, 2.75) is 71.1 Å². The van der Waals surface area contributed by atoms with E-state index in [1.165, 1.54) is 44.9 Å². The quantitative estimate of drug-likeness (QED) is 0.566. The Morgan fingerprint density at radius 1 is 1.27 bits per heavy atom. The zero-order valence-electron chi connectivity index (χ0n) is 10.6. The van der Waals surface area contributed by atoms with Crippen molar-refractivity contribution in [1.29, 1.82) is 0 Å². The van der Waals surface area contributed by atoms with Crippen LogP contribution in [0.1, 0.15) is 65.7 Å². The maximum Gasteiger partial charge on any atom is 0.0364 e. The minimum absolute atomic E-state index is 0.465. The molecule has 0 spiro atoms. The highest BCUT2D eigenvalue weighted by atomic mass is 35.5. The van der Waals surface area contributed by atoms with Crippen molar-refractivity contribution in [2.75, 3.05) is 0 Å². The maximum atomic E-state index is 6.45. The van der Waals surface area contributed by atoms with Crippen LogP contribution in [0.25, 0.3) is 0 Å². The van der Waals surface area contributed by atoms with E-state index in [2.05, 4.69) is 20.8 Å². The number of halogens is 1. The molecular formula is C14H27Cl. The van der Waals surface area contributed by atoms with Crippen molar-refractivity contribution in [2.24, 2.45) is 17.8 Å². The molecular weight excluding hydrogens is 204 g/mol. The predicted molar refractivity (Wildman–Crippen MR) is 69.5 cm³/mol. The van der Waals surface area contributed by atoms with Gasteiger partial charge in [0.05, 0.1) is 0 Å². The van der Waals surface area contributed by atoms with Gasteiger partial charge in [0.1, 0.15) is 0 Å². The van der Waals surface area contributed by atoms with Crippen molar-refractivity contribution < 1.29 is 0 Å². The topological polar surface area (TPSA) is 0 Å². The standard InChI is InChI=1S/C14H27Cl/c1-4-6-11(3)9-13-10-12(5-2)7-8-14(13)15/h11-14H,4-10H2,1-3H3. The van der Waals surface area contributed by atoms with Crippen molar-refractivity contribution >= 4 is 11.6 Å². The number of hydrogen-bond donors (Lipinski definition) is 0. The third-order valence-electron chi connectivity index (χ3n) is 4.06. The van der Waals surface area contributed by atoms with Gasteiger partial charge in [0.15, 0.2) is 0 Å². The van der Waals surface area contributed by atoms with Gasteiger partial charge >= 0.3 is 0 Å². The Kier molecular flexibility index (Phi) is 6.04. The molecule has 1 aliphatic rings. The first kappa shape index (κ1) is 13.4. The monoisotopic (exact) mass is 230 g/mol. The maximum absolute atomic E-state index is 6.45. The molecule has 4 atom stereocenters. The lowest BCUT2D eigenvalue weighted by Gasteiger charge is -2.34. The van der Waals surface area contributed by atoms with Gasteiger partial charge in [0, 0.05) is 5.38 Å². The van der Waals surface area contributed by atoms with E-state index in [4.69, 9.17) is 11.6 Å². The van der Waals surface area contributed by atoms with Crippen LogP contribution in [0.5, 0.6) is 0 Å². The molecule has 1 heteroatoms. The number of hydrogen-bond acceptors (Lipinski definition) is 0. The molecule has 0 amide bonds. The second-order valence-corrected chi connectivity index (χ2v) is 6.05. The van der Waals surface area contributed by atoms with Crippen LogP contribution in [0.4, 0.5) is 0 Å². The highest BCUT2D eigenvalue weighted by Crippen LogP contribution is 2.38. The zero-order valence-corrected chi connectivity index (χ0v) is 11.4. The first-order valence-electron chi connectivity index (χ1n) is 6.81. The van der Waals surface area contributed by atoms with Crippen LogP contribution in [-0.4, -0.2) is 5.38 Å². The molecule has 0 radical (unpaired) electrons. The van der Waals surface area contributed by atoms with Gasteiger partial charge in [-0.2, -0.15) is 0 Å². The van der Waals surface area contributed by atoms with Gasteiger partial charge in [-0.15, -0.1) is 11.6 Å². The van der Waals surface area contributed by atoms with Crippen LogP contribution in [0, 0.1) is 17.8 Å². The van der Waals surface area contributed by atoms with E-state index in [0.29, 0.717) is 5.38 Å². The van der Waals surface area contributed by atoms with Crippen LogP contribution in [0.15, 0.2) is 0 Å². The van der Waals surface area contributed by atoms with Gasteiger partial charge in [0.25, 0.3) is 0 Å². The lowest BCUT2D eigenvalue weighted by atomic mass is 9.76. The fourth-order valence-electron chi connectivity index (χ4n) is 3.07. The van der Waals surface area contributed by atoms with Crippen LogP contribution in [0.2, 0.25) is 0 Å². The van der Waals surface area contributed by atoms with Crippen molar-refractivity contribution in [3.05, 3.63) is 0 Å². The Bertz CT molecular complexity index is 167. The molecule has 0 N–H and O–H groups in total. The summed E-state index contributed by atoms with van der Waals surface area (Å²) in [4.78, 5) is 0. The van der Waals surface area contributed by atoms with E-state index >= 15 is 0 Å². The Hall–Kier alpha value is 0.290. The molecule has 4 unspecified atom stereocenters. The molecule has 0 nitrogen and oxygen atoms in total. The molecule has 0 bridgehead atoms. The summed E-state index contributed by atoms with van der Waals surface area (Å²) in [6.07, 6.45) is 9.40. The second kappa shape index (κ2) is 6.78. The second-order valence-electron chi connectivity index (χ2n) is 5.49. The molecule has 1 rings (SSSR count). The fourth-order valence-corrected chi connectivity index (χ4v) is 3.40. The summed E-state index contributed by atoms with van der Waals surface area (Å²) in [6, 6.07) is 0. The van der Waals surface area contributed by atoms with Crippen LogP contribution < -0.4 is 0 Å². The number of alkyl halides is 1. The lowest BCUT2D eigenvalue weighted by Crippen LogP contribution is -2.26. The van der Waals surface area contributed by atoms with Crippen LogP contribution >= 0.6 is 11.6 Å². The van der Waals surface area contributed by atoms with E-state index in [1.54, 1.807) is 0 Å². The predicted octanol–water partition coefficient (Wildman–Crippen LogP) is 5.25. The van der Waals surface area contributed by atoms with E-state index < -0.39 is 0 Å². The summed E-state index contributed by atoms with van der Waals surface area (Å²) in [5, 5.41) is 0.465. The molecule has 15 heavy (non-hydrogen) atoms. The Balaban J connectivity index is 2.36. The molecule has 0 heterocycles. The zero-order chi connectivity index (χ0) is 11.3. The van der Waals surface area contributed by atoms with Gasteiger partial charge in [-0.1, -0.05) is 40.0 Å². The molecule has 0 aromatic heterocycles. The van der Waals surface area contributed by atoms with Gasteiger partial charge in [-0.25, -0.2) is 0 Å². The highest BCUT2D eigenvalue weighted by Gasteiger charge is 2.29. The minimum atomic E-state index is 0.465. The molecule has 0 aromatic carbocycles. The summed E-state index contributed by atoms with van der Waals surface area (Å²) in [5.74, 6) is 2.63. The first-order chi connectivity index (χ1) is 7.17. The summed E-state index contributed by atoms with van der Waals surface area (Å²) in [6.45, 7) is 7.00. The molecule has 1 fully saturated rings. The molecule has 1 saturated carbocycles. The summed E-state index contributed by atoms with van der Waals surface area (Å²) < 4.78 is 0. The van der Waals surface area contributed by atoms with E-state index in [-0.39, 0.29) is 0 Å². The Morgan fingerprint density at radius 3 is 2.60 bits per heavy atom. The fraction of sp³-hybridized carbons (Fsp3) is 1.00. The van der Waals surface area contributed by atoms with E-state index in [1.807, 2.05) is 0 Å². The van der Waals surface area contributed by atoms with Gasteiger partial charge in [-0.3, -0.25) is 0 Å². The van der Waals surface area contributed by atoms with Crippen molar-refractivity contribution in [3.8, 4) is 0 Å². The average molecular weight is 231 g/mol. The van der Waals surface area contributed by atoms with Gasteiger partial charge < -0.3 is 0 Å². The average Bonchev–Trinajstić information content (AvgIpc) is 2.21. The molecule has 1 aliphatic carbocycles.